The highest BCUT2D eigenvalue weighted by Gasteiger charge is 2.15. The molecule has 1 aromatic rings. The first-order chi connectivity index (χ1) is 11.3. The highest BCUT2D eigenvalue weighted by Crippen LogP contribution is 2.18. The Morgan fingerprint density at radius 2 is 2.00 bits per heavy atom. The molecule has 1 aliphatic rings. The lowest BCUT2D eigenvalue weighted by Crippen LogP contribution is -2.40. The van der Waals surface area contributed by atoms with Crippen molar-refractivity contribution in [2.24, 2.45) is 10.9 Å². The van der Waals surface area contributed by atoms with E-state index in [4.69, 9.17) is 4.74 Å². The Kier molecular flexibility index (Phi) is 11.0. The van der Waals surface area contributed by atoms with Crippen molar-refractivity contribution in [2.45, 2.75) is 38.6 Å². The van der Waals surface area contributed by atoms with Crippen molar-refractivity contribution >= 4 is 29.9 Å². The van der Waals surface area contributed by atoms with E-state index in [0.29, 0.717) is 0 Å². The Labute approximate surface area is 162 Å². The summed E-state index contributed by atoms with van der Waals surface area (Å²) in [5.74, 6) is 1.79. The second kappa shape index (κ2) is 12.5. The van der Waals surface area contributed by atoms with E-state index in [-0.39, 0.29) is 24.0 Å². The van der Waals surface area contributed by atoms with Crippen molar-refractivity contribution in [3.63, 3.8) is 0 Å². The van der Waals surface area contributed by atoms with Gasteiger partial charge in [-0.3, -0.25) is 4.99 Å². The number of aryl methyl sites for hydroxylation is 1. The molecule has 0 aromatic carbocycles. The van der Waals surface area contributed by atoms with Crippen LogP contribution in [0.1, 0.15) is 32.1 Å². The fourth-order valence-electron chi connectivity index (χ4n) is 2.86. The molecule has 8 heteroatoms. The van der Waals surface area contributed by atoms with Gasteiger partial charge in [0.25, 0.3) is 0 Å². The zero-order chi connectivity index (χ0) is 16.3. The number of guanidine groups is 1. The summed E-state index contributed by atoms with van der Waals surface area (Å²) in [7, 11) is 3.97. The second-order valence-corrected chi connectivity index (χ2v) is 6.15. The van der Waals surface area contributed by atoms with Crippen molar-refractivity contribution in [1.82, 2.24) is 25.0 Å². The Bertz CT molecular complexity index is 447. The molecule has 0 atom stereocenters. The van der Waals surface area contributed by atoms with Crippen LogP contribution >= 0.6 is 24.0 Å². The molecule has 0 amide bonds. The fourth-order valence-corrected chi connectivity index (χ4v) is 2.86. The summed E-state index contributed by atoms with van der Waals surface area (Å²) in [6.45, 7) is 4.80. The van der Waals surface area contributed by atoms with Crippen molar-refractivity contribution in [2.75, 3.05) is 40.4 Å². The molecule has 0 spiro atoms. The Hall–Kier alpha value is -0.900. The zero-order valence-electron chi connectivity index (χ0n) is 14.9. The third-order valence-electron chi connectivity index (χ3n) is 4.38. The summed E-state index contributed by atoms with van der Waals surface area (Å²) in [5, 5.41) is 11.1. The largest absolute Gasteiger partial charge is 0.381 e. The number of hydrogen-bond acceptors (Lipinski definition) is 4. The number of ether oxygens (including phenoxy) is 1. The highest BCUT2D eigenvalue weighted by atomic mass is 127. The molecular weight excluding hydrogens is 419 g/mol. The highest BCUT2D eigenvalue weighted by molar-refractivity contribution is 14.0. The van der Waals surface area contributed by atoms with Crippen LogP contribution in [-0.2, 0) is 11.3 Å². The van der Waals surface area contributed by atoms with Gasteiger partial charge in [-0.05, 0) is 38.0 Å². The van der Waals surface area contributed by atoms with Gasteiger partial charge in [0, 0.05) is 46.9 Å². The maximum atomic E-state index is 5.42. The number of halogens is 1. The maximum absolute atomic E-state index is 5.42. The standard InChI is InChI=1S/C16H30N6O.HI/c1-17-16(18-8-3-4-9-22-13-19-20-14-22)21(2)10-5-15-6-11-23-12-7-15;/h13-15H,3-12H2,1-2H3,(H,17,18);1H. The van der Waals surface area contributed by atoms with Gasteiger partial charge in [-0.1, -0.05) is 0 Å². The van der Waals surface area contributed by atoms with Crippen LogP contribution in [0.5, 0.6) is 0 Å². The van der Waals surface area contributed by atoms with Gasteiger partial charge >= 0.3 is 0 Å². The van der Waals surface area contributed by atoms with Gasteiger partial charge in [0.15, 0.2) is 5.96 Å². The minimum absolute atomic E-state index is 0. The predicted molar refractivity (Wildman–Crippen MR) is 107 cm³/mol. The second-order valence-electron chi connectivity index (χ2n) is 6.15. The normalized spacial score (nSPS) is 15.8. The van der Waals surface area contributed by atoms with E-state index in [2.05, 4.69) is 32.5 Å². The third-order valence-corrected chi connectivity index (χ3v) is 4.38. The number of hydrogen-bond donors (Lipinski definition) is 1. The minimum Gasteiger partial charge on any atom is -0.381 e. The van der Waals surface area contributed by atoms with Crippen molar-refractivity contribution in [3.05, 3.63) is 12.7 Å². The number of rotatable bonds is 8. The first-order valence-electron chi connectivity index (χ1n) is 8.61. The molecule has 0 unspecified atom stereocenters. The Balaban J connectivity index is 0.00000288. The van der Waals surface area contributed by atoms with Gasteiger partial charge in [0.2, 0.25) is 0 Å². The SMILES string of the molecule is CN=C(NCCCCn1cnnc1)N(C)CCC1CCOCC1.I. The number of nitrogens with zero attached hydrogens (tertiary/aromatic N) is 5. The number of unbranched alkanes of at least 4 members (excludes halogenated alkanes) is 1. The molecule has 0 aliphatic carbocycles. The first kappa shape index (κ1) is 21.1. The quantitative estimate of drug-likeness (QED) is 0.284. The average Bonchev–Trinajstić information content (AvgIpc) is 3.10. The van der Waals surface area contributed by atoms with E-state index >= 15 is 0 Å². The molecule has 1 N–H and O–H groups in total. The zero-order valence-corrected chi connectivity index (χ0v) is 17.2. The van der Waals surface area contributed by atoms with Crippen molar-refractivity contribution in [3.8, 4) is 0 Å². The first-order valence-corrected chi connectivity index (χ1v) is 8.61. The molecule has 1 aliphatic heterocycles. The monoisotopic (exact) mass is 450 g/mol. The summed E-state index contributed by atoms with van der Waals surface area (Å²) in [6.07, 6.45) is 9.34. The lowest BCUT2D eigenvalue weighted by molar-refractivity contribution is 0.0625. The molecule has 0 bridgehead atoms. The van der Waals surface area contributed by atoms with Gasteiger partial charge in [-0.2, -0.15) is 0 Å². The lowest BCUT2D eigenvalue weighted by atomic mass is 9.96. The van der Waals surface area contributed by atoms with Gasteiger partial charge in [0.05, 0.1) is 0 Å². The van der Waals surface area contributed by atoms with Crippen LogP contribution in [-0.4, -0.2) is 66.0 Å². The van der Waals surface area contributed by atoms with E-state index in [1.165, 1.54) is 19.3 Å². The summed E-state index contributed by atoms with van der Waals surface area (Å²) in [6, 6.07) is 0. The number of aromatic nitrogens is 3. The van der Waals surface area contributed by atoms with Crippen LogP contribution in [0.15, 0.2) is 17.6 Å². The molecule has 0 radical (unpaired) electrons. The molecule has 0 saturated carbocycles. The van der Waals surface area contributed by atoms with Crippen LogP contribution < -0.4 is 5.32 Å². The smallest absolute Gasteiger partial charge is 0.193 e. The van der Waals surface area contributed by atoms with E-state index < -0.39 is 0 Å². The molecule has 138 valence electrons. The summed E-state index contributed by atoms with van der Waals surface area (Å²) in [5.41, 5.74) is 0. The van der Waals surface area contributed by atoms with Crippen molar-refractivity contribution in [1.29, 1.82) is 0 Å². The van der Waals surface area contributed by atoms with Gasteiger partial charge in [-0.25, -0.2) is 0 Å². The van der Waals surface area contributed by atoms with Crippen LogP contribution in [0.3, 0.4) is 0 Å². The number of aliphatic imine (C=N–C) groups is 1. The Morgan fingerprint density at radius 1 is 1.29 bits per heavy atom. The van der Waals surface area contributed by atoms with Crippen LogP contribution in [0, 0.1) is 5.92 Å². The molecule has 7 nitrogen and oxygen atoms in total. The average molecular weight is 450 g/mol. The Morgan fingerprint density at radius 3 is 2.67 bits per heavy atom. The van der Waals surface area contributed by atoms with E-state index in [1.807, 2.05) is 11.6 Å². The van der Waals surface area contributed by atoms with Gasteiger partial charge in [0.1, 0.15) is 12.7 Å². The third kappa shape index (κ3) is 7.78. The topological polar surface area (TPSA) is 67.6 Å². The van der Waals surface area contributed by atoms with E-state index in [0.717, 1.165) is 57.6 Å². The van der Waals surface area contributed by atoms with Crippen molar-refractivity contribution < 1.29 is 4.74 Å². The number of nitrogens with one attached hydrogen (secondary N) is 1. The summed E-state index contributed by atoms with van der Waals surface area (Å²) < 4.78 is 7.43. The van der Waals surface area contributed by atoms with Gasteiger partial charge < -0.3 is 19.5 Å². The molecule has 2 heterocycles. The van der Waals surface area contributed by atoms with E-state index in [9.17, 15) is 0 Å². The lowest BCUT2D eigenvalue weighted by Gasteiger charge is -2.26. The maximum Gasteiger partial charge on any atom is 0.193 e. The van der Waals surface area contributed by atoms with E-state index in [1.54, 1.807) is 12.7 Å². The molecular formula is C16H31IN6O. The molecule has 1 saturated heterocycles. The van der Waals surface area contributed by atoms with Crippen LogP contribution in [0.4, 0.5) is 0 Å². The molecule has 1 aromatic heterocycles. The predicted octanol–water partition coefficient (Wildman–Crippen LogP) is 2.00. The molecule has 24 heavy (non-hydrogen) atoms. The van der Waals surface area contributed by atoms with Crippen LogP contribution in [0.2, 0.25) is 0 Å². The molecule has 1 fully saturated rings. The van der Waals surface area contributed by atoms with Gasteiger partial charge in [-0.15, -0.1) is 34.2 Å². The fraction of sp³-hybridized carbons (Fsp3) is 0.812. The minimum atomic E-state index is 0. The molecule has 2 rings (SSSR count). The summed E-state index contributed by atoms with van der Waals surface area (Å²) >= 11 is 0. The summed E-state index contributed by atoms with van der Waals surface area (Å²) in [4.78, 5) is 6.61. The van der Waals surface area contributed by atoms with Crippen LogP contribution in [0.25, 0.3) is 0 Å².